The van der Waals surface area contributed by atoms with Crippen LogP contribution >= 0.6 is 24.0 Å². The molecular weight excluding hydrogens is 381 g/mol. The highest BCUT2D eigenvalue weighted by Crippen LogP contribution is 2.22. The standard InChI is InChI=1S/C22H22ClNO2.ClH/c1-25-20-12-10-17(11-13-20)14-24-15-18-6-3-5-9-22(18)26-16-19-7-2-4-8-21(19)23;/h2-13,24H,14-16H2,1H3;1H. The maximum absolute atomic E-state index is 6.20. The predicted octanol–water partition coefficient (Wildman–Crippen LogP) is 5.64. The minimum absolute atomic E-state index is 0. The Hall–Kier alpha value is -2.20. The monoisotopic (exact) mass is 403 g/mol. The summed E-state index contributed by atoms with van der Waals surface area (Å²) < 4.78 is 11.2. The minimum Gasteiger partial charge on any atom is -0.497 e. The van der Waals surface area contributed by atoms with Crippen LogP contribution in [0.15, 0.2) is 72.8 Å². The lowest BCUT2D eigenvalue weighted by molar-refractivity contribution is 0.302. The molecule has 142 valence electrons. The summed E-state index contributed by atoms with van der Waals surface area (Å²) in [7, 11) is 1.67. The molecule has 0 atom stereocenters. The molecule has 27 heavy (non-hydrogen) atoms. The summed E-state index contributed by atoms with van der Waals surface area (Å²) >= 11 is 6.20. The number of halogens is 2. The first-order valence-electron chi connectivity index (χ1n) is 8.54. The van der Waals surface area contributed by atoms with E-state index in [9.17, 15) is 0 Å². The maximum atomic E-state index is 6.20. The van der Waals surface area contributed by atoms with Crippen molar-refractivity contribution in [2.75, 3.05) is 7.11 Å². The smallest absolute Gasteiger partial charge is 0.124 e. The van der Waals surface area contributed by atoms with Crippen molar-refractivity contribution in [3.8, 4) is 11.5 Å². The molecule has 0 saturated heterocycles. The number of hydrogen-bond donors (Lipinski definition) is 1. The normalized spacial score (nSPS) is 10.1. The van der Waals surface area contributed by atoms with Gasteiger partial charge in [-0.1, -0.05) is 60.1 Å². The van der Waals surface area contributed by atoms with Crippen LogP contribution in [0.5, 0.6) is 11.5 Å². The Labute approximate surface area is 171 Å². The molecule has 0 bridgehead atoms. The third-order valence-corrected chi connectivity index (χ3v) is 4.49. The summed E-state index contributed by atoms with van der Waals surface area (Å²) in [4.78, 5) is 0. The zero-order chi connectivity index (χ0) is 18.2. The van der Waals surface area contributed by atoms with E-state index in [0.717, 1.165) is 40.7 Å². The van der Waals surface area contributed by atoms with Crippen LogP contribution in [0.2, 0.25) is 5.02 Å². The molecule has 3 aromatic carbocycles. The van der Waals surface area contributed by atoms with Crippen LogP contribution in [0.3, 0.4) is 0 Å². The van der Waals surface area contributed by atoms with Gasteiger partial charge in [0.05, 0.1) is 7.11 Å². The third-order valence-electron chi connectivity index (χ3n) is 4.12. The Bertz CT molecular complexity index is 838. The van der Waals surface area contributed by atoms with Gasteiger partial charge in [0.2, 0.25) is 0 Å². The van der Waals surface area contributed by atoms with E-state index in [0.29, 0.717) is 6.61 Å². The maximum Gasteiger partial charge on any atom is 0.124 e. The average molecular weight is 404 g/mol. The van der Waals surface area contributed by atoms with Gasteiger partial charge >= 0.3 is 0 Å². The quantitative estimate of drug-likeness (QED) is 0.527. The van der Waals surface area contributed by atoms with Crippen molar-refractivity contribution in [3.05, 3.63) is 94.5 Å². The van der Waals surface area contributed by atoms with Gasteiger partial charge in [-0.3, -0.25) is 0 Å². The van der Waals surface area contributed by atoms with E-state index in [1.54, 1.807) is 7.11 Å². The molecule has 0 unspecified atom stereocenters. The van der Waals surface area contributed by atoms with E-state index in [4.69, 9.17) is 21.1 Å². The van der Waals surface area contributed by atoms with E-state index in [1.807, 2.05) is 54.6 Å². The second-order valence-corrected chi connectivity index (χ2v) is 6.35. The van der Waals surface area contributed by atoms with E-state index in [2.05, 4.69) is 23.5 Å². The van der Waals surface area contributed by atoms with Crippen molar-refractivity contribution in [1.29, 1.82) is 0 Å². The molecule has 0 fully saturated rings. The molecule has 1 N–H and O–H groups in total. The van der Waals surface area contributed by atoms with Crippen LogP contribution in [0.1, 0.15) is 16.7 Å². The fraction of sp³-hybridized carbons (Fsp3) is 0.182. The van der Waals surface area contributed by atoms with E-state index in [1.165, 1.54) is 5.56 Å². The number of rotatable bonds is 8. The van der Waals surface area contributed by atoms with E-state index < -0.39 is 0 Å². The zero-order valence-corrected chi connectivity index (χ0v) is 16.7. The highest BCUT2D eigenvalue weighted by atomic mass is 35.5. The highest BCUT2D eigenvalue weighted by Gasteiger charge is 2.05. The lowest BCUT2D eigenvalue weighted by Crippen LogP contribution is -2.13. The first-order chi connectivity index (χ1) is 12.8. The molecule has 5 heteroatoms. The Morgan fingerprint density at radius 2 is 1.48 bits per heavy atom. The summed E-state index contributed by atoms with van der Waals surface area (Å²) in [6.07, 6.45) is 0. The van der Waals surface area contributed by atoms with Gasteiger partial charge in [0, 0.05) is 29.2 Å². The SMILES string of the molecule is COc1ccc(CNCc2ccccc2OCc2ccccc2Cl)cc1.Cl. The third kappa shape index (κ3) is 6.17. The van der Waals surface area contributed by atoms with Crippen molar-refractivity contribution >= 4 is 24.0 Å². The van der Waals surface area contributed by atoms with Crippen molar-refractivity contribution in [2.24, 2.45) is 0 Å². The first kappa shape index (κ1) is 21.1. The second-order valence-electron chi connectivity index (χ2n) is 5.94. The molecular formula is C22H23Cl2NO2. The van der Waals surface area contributed by atoms with Crippen molar-refractivity contribution in [3.63, 3.8) is 0 Å². The van der Waals surface area contributed by atoms with Gasteiger partial charge in [-0.25, -0.2) is 0 Å². The molecule has 0 aliphatic rings. The van der Waals surface area contributed by atoms with Gasteiger partial charge in [0.25, 0.3) is 0 Å². The molecule has 0 aliphatic carbocycles. The fourth-order valence-electron chi connectivity index (χ4n) is 2.65. The van der Waals surface area contributed by atoms with Crippen molar-refractivity contribution in [2.45, 2.75) is 19.7 Å². The summed E-state index contributed by atoms with van der Waals surface area (Å²) in [6.45, 7) is 1.96. The lowest BCUT2D eigenvalue weighted by Gasteiger charge is -2.13. The molecule has 0 spiro atoms. The predicted molar refractivity (Wildman–Crippen MR) is 113 cm³/mol. The molecule has 0 heterocycles. The number of nitrogens with one attached hydrogen (secondary N) is 1. The largest absolute Gasteiger partial charge is 0.497 e. The molecule has 0 amide bonds. The Balaban J connectivity index is 0.00000261. The molecule has 3 aromatic rings. The molecule has 3 nitrogen and oxygen atoms in total. The van der Waals surface area contributed by atoms with Gasteiger partial charge in [0.15, 0.2) is 0 Å². The van der Waals surface area contributed by atoms with Gasteiger partial charge in [-0.2, -0.15) is 0 Å². The topological polar surface area (TPSA) is 30.5 Å². The van der Waals surface area contributed by atoms with Crippen LogP contribution in [-0.4, -0.2) is 7.11 Å². The average Bonchev–Trinajstić information content (AvgIpc) is 2.69. The van der Waals surface area contributed by atoms with Gasteiger partial charge in [-0.05, 0) is 29.8 Å². The lowest BCUT2D eigenvalue weighted by atomic mass is 10.1. The van der Waals surface area contributed by atoms with E-state index in [-0.39, 0.29) is 12.4 Å². The number of hydrogen-bond acceptors (Lipinski definition) is 3. The molecule has 0 aromatic heterocycles. The molecule has 0 saturated carbocycles. The van der Waals surface area contributed by atoms with Crippen LogP contribution in [-0.2, 0) is 19.7 Å². The number of para-hydroxylation sites is 1. The van der Waals surface area contributed by atoms with E-state index >= 15 is 0 Å². The summed E-state index contributed by atoms with van der Waals surface area (Å²) in [5, 5.41) is 4.18. The van der Waals surface area contributed by atoms with Gasteiger partial charge in [-0.15, -0.1) is 12.4 Å². The summed E-state index contributed by atoms with van der Waals surface area (Å²) in [5.74, 6) is 1.74. The number of benzene rings is 3. The van der Waals surface area contributed by atoms with Crippen LogP contribution < -0.4 is 14.8 Å². The first-order valence-corrected chi connectivity index (χ1v) is 8.92. The Kier molecular flexibility index (Phi) is 8.46. The summed E-state index contributed by atoms with van der Waals surface area (Å²) in [6, 6.07) is 23.9. The van der Waals surface area contributed by atoms with Crippen molar-refractivity contribution in [1.82, 2.24) is 5.32 Å². The zero-order valence-electron chi connectivity index (χ0n) is 15.2. The van der Waals surface area contributed by atoms with Crippen LogP contribution in [0.25, 0.3) is 0 Å². The Morgan fingerprint density at radius 3 is 2.19 bits per heavy atom. The highest BCUT2D eigenvalue weighted by molar-refractivity contribution is 6.31. The number of ether oxygens (including phenoxy) is 2. The minimum atomic E-state index is 0. The van der Waals surface area contributed by atoms with Crippen LogP contribution in [0, 0.1) is 0 Å². The molecule has 0 aliphatic heterocycles. The second kappa shape index (κ2) is 10.8. The summed E-state index contributed by atoms with van der Waals surface area (Å²) in [5.41, 5.74) is 3.31. The fourth-order valence-corrected chi connectivity index (χ4v) is 2.84. The molecule has 0 radical (unpaired) electrons. The number of methoxy groups -OCH3 is 1. The van der Waals surface area contributed by atoms with Gasteiger partial charge < -0.3 is 14.8 Å². The Morgan fingerprint density at radius 1 is 0.815 bits per heavy atom. The van der Waals surface area contributed by atoms with Crippen molar-refractivity contribution < 1.29 is 9.47 Å². The van der Waals surface area contributed by atoms with Crippen LogP contribution in [0.4, 0.5) is 0 Å². The molecule has 3 rings (SSSR count). The van der Waals surface area contributed by atoms with Gasteiger partial charge in [0.1, 0.15) is 18.1 Å².